The third-order valence-electron chi connectivity index (χ3n) is 3.20. The Bertz CT molecular complexity index is 502. The molecule has 0 radical (unpaired) electrons. The molecule has 0 aliphatic carbocycles. The van der Waals surface area contributed by atoms with Gasteiger partial charge in [0, 0.05) is 44.7 Å². The van der Waals surface area contributed by atoms with Gasteiger partial charge >= 0.3 is 0 Å². The van der Waals surface area contributed by atoms with Crippen LogP contribution in [0.25, 0.3) is 0 Å². The van der Waals surface area contributed by atoms with Crippen LogP contribution in [0.3, 0.4) is 0 Å². The third kappa shape index (κ3) is 5.43. The Morgan fingerprint density at radius 2 is 2.14 bits per heavy atom. The number of rotatable bonds is 10. The van der Waals surface area contributed by atoms with Gasteiger partial charge in [0.1, 0.15) is 0 Å². The first-order valence-electron chi connectivity index (χ1n) is 7.29. The largest absolute Gasteiger partial charge is 0.385 e. The quantitative estimate of drug-likeness (QED) is 0.683. The second-order valence-electron chi connectivity index (χ2n) is 5.19. The molecule has 0 aliphatic rings. The maximum Gasteiger partial charge on any atom is 0.242 e. The molecular weight excluding hydrogens is 290 g/mol. The van der Waals surface area contributed by atoms with Crippen molar-refractivity contribution in [1.29, 1.82) is 0 Å². The van der Waals surface area contributed by atoms with Crippen molar-refractivity contribution in [2.24, 2.45) is 0 Å². The zero-order valence-electron chi connectivity index (χ0n) is 13.3. The Hall–Kier alpha value is -0.890. The van der Waals surface area contributed by atoms with Crippen molar-refractivity contribution in [1.82, 2.24) is 14.6 Å². The SMILES string of the molecule is CCCn1cc(S(=O)(=O)NC(C)CCOC)cc1CNC. The summed E-state index contributed by atoms with van der Waals surface area (Å²) >= 11 is 0. The number of methoxy groups -OCH3 is 1. The predicted octanol–water partition coefficient (Wildman–Crippen LogP) is 1.32. The molecule has 1 atom stereocenters. The van der Waals surface area contributed by atoms with Gasteiger partial charge in [-0.3, -0.25) is 0 Å². The molecule has 1 aromatic heterocycles. The van der Waals surface area contributed by atoms with Gasteiger partial charge in [0.15, 0.2) is 0 Å². The Balaban J connectivity index is 2.89. The lowest BCUT2D eigenvalue weighted by atomic mass is 10.3. The number of aryl methyl sites for hydroxylation is 1. The molecule has 1 aromatic rings. The van der Waals surface area contributed by atoms with Gasteiger partial charge in [-0.05, 0) is 32.9 Å². The van der Waals surface area contributed by atoms with Crippen LogP contribution in [0.5, 0.6) is 0 Å². The van der Waals surface area contributed by atoms with Crippen molar-refractivity contribution in [3.8, 4) is 0 Å². The highest BCUT2D eigenvalue weighted by Crippen LogP contribution is 2.16. The molecule has 0 bridgehead atoms. The van der Waals surface area contributed by atoms with E-state index in [1.54, 1.807) is 19.4 Å². The van der Waals surface area contributed by atoms with E-state index in [9.17, 15) is 8.42 Å². The number of nitrogens with one attached hydrogen (secondary N) is 2. The predicted molar refractivity (Wildman–Crippen MR) is 83.8 cm³/mol. The summed E-state index contributed by atoms with van der Waals surface area (Å²) in [4.78, 5) is 0.325. The maximum atomic E-state index is 12.4. The van der Waals surface area contributed by atoms with Crippen LogP contribution in [0.2, 0.25) is 0 Å². The minimum atomic E-state index is -3.48. The summed E-state index contributed by atoms with van der Waals surface area (Å²) in [5, 5.41) is 3.06. The van der Waals surface area contributed by atoms with E-state index in [1.165, 1.54) is 0 Å². The van der Waals surface area contributed by atoms with Crippen LogP contribution in [0, 0.1) is 0 Å². The number of ether oxygens (including phenoxy) is 1. The summed E-state index contributed by atoms with van der Waals surface area (Å²) in [5.41, 5.74) is 0.976. The Labute approximate surface area is 127 Å². The van der Waals surface area contributed by atoms with Gasteiger partial charge in [0.2, 0.25) is 10.0 Å². The molecule has 0 saturated heterocycles. The molecule has 21 heavy (non-hydrogen) atoms. The first-order chi connectivity index (χ1) is 9.94. The topological polar surface area (TPSA) is 72.4 Å². The molecule has 1 heterocycles. The number of aromatic nitrogens is 1. The van der Waals surface area contributed by atoms with Crippen LogP contribution in [-0.2, 0) is 27.8 Å². The lowest BCUT2D eigenvalue weighted by molar-refractivity contribution is 0.188. The minimum absolute atomic E-state index is 0.155. The molecular formula is C14H27N3O3S. The van der Waals surface area contributed by atoms with Gasteiger partial charge < -0.3 is 14.6 Å². The van der Waals surface area contributed by atoms with Crippen molar-refractivity contribution < 1.29 is 13.2 Å². The van der Waals surface area contributed by atoms with Gasteiger partial charge in [-0.1, -0.05) is 6.92 Å². The second-order valence-corrected chi connectivity index (χ2v) is 6.91. The van der Waals surface area contributed by atoms with Crippen molar-refractivity contribution in [2.45, 2.75) is 50.7 Å². The Morgan fingerprint density at radius 1 is 1.43 bits per heavy atom. The van der Waals surface area contributed by atoms with E-state index >= 15 is 0 Å². The van der Waals surface area contributed by atoms with Crippen molar-refractivity contribution in [3.05, 3.63) is 18.0 Å². The molecule has 7 heteroatoms. The van der Waals surface area contributed by atoms with E-state index in [0.717, 1.165) is 18.7 Å². The molecule has 6 nitrogen and oxygen atoms in total. The first kappa shape index (κ1) is 18.2. The zero-order valence-corrected chi connectivity index (χ0v) is 14.2. The second kappa shape index (κ2) is 8.53. The molecule has 0 fully saturated rings. The van der Waals surface area contributed by atoms with Crippen LogP contribution in [0.4, 0.5) is 0 Å². The fourth-order valence-corrected chi connectivity index (χ4v) is 3.48. The minimum Gasteiger partial charge on any atom is -0.385 e. The molecule has 0 aromatic carbocycles. The fraction of sp³-hybridized carbons (Fsp3) is 0.714. The van der Waals surface area contributed by atoms with E-state index < -0.39 is 10.0 Å². The number of nitrogens with zero attached hydrogens (tertiary/aromatic N) is 1. The van der Waals surface area contributed by atoms with Gasteiger partial charge in [-0.25, -0.2) is 13.1 Å². The average Bonchev–Trinajstić information content (AvgIpc) is 2.81. The van der Waals surface area contributed by atoms with Crippen molar-refractivity contribution in [3.63, 3.8) is 0 Å². The van der Waals surface area contributed by atoms with E-state index in [4.69, 9.17) is 4.74 Å². The fourth-order valence-electron chi connectivity index (χ4n) is 2.14. The van der Waals surface area contributed by atoms with E-state index in [0.29, 0.717) is 24.5 Å². The highest BCUT2D eigenvalue weighted by atomic mass is 32.2. The maximum absolute atomic E-state index is 12.4. The molecule has 0 spiro atoms. The highest BCUT2D eigenvalue weighted by molar-refractivity contribution is 7.89. The Kier molecular flexibility index (Phi) is 7.37. The summed E-state index contributed by atoms with van der Waals surface area (Å²) in [5.74, 6) is 0. The van der Waals surface area contributed by atoms with Crippen LogP contribution >= 0.6 is 0 Å². The monoisotopic (exact) mass is 317 g/mol. The van der Waals surface area contributed by atoms with Crippen LogP contribution in [-0.4, -0.2) is 39.8 Å². The molecule has 0 aliphatic heterocycles. The normalized spacial score (nSPS) is 13.5. The van der Waals surface area contributed by atoms with Gasteiger partial charge in [0.25, 0.3) is 0 Å². The van der Waals surface area contributed by atoms with Crippen LogP contribution in [0.15, 0.2) is 17.2 Å². The van der Waals surface area contributed by atoms with Gasteiger partial charge in [-0.15, -0.1) is 0 Å². The average molecular weight is 317 g/mol. The first-order valence-corrected chi connectivity index (χ1v) is 8.77. The van der Waals surface area contributed by atoms with Crippen molar-refractivity contribution >= 4 is 10.0 Å². The summed E-state index contributed by atoms with van der Waals surface area (Å²) in [6.07, 6.45) is 3.32. The standard InChI is InChI=1S/C14H27N3O3S/c1-5-7-17-11-14(9-13(17)10-15-3)21(18,19)16-12(2)6-8-20-4/h9,11-12,15-16H,5-8,10H2,1-4H3. The lowest BCUT2D eigenvalue weighted by Gasteiger charge is -2.12. The number of hydrogen-bond acceptors (Lipinski definition) is 4. The van der Waals surface area contributed by atoms with Crippen LogP contribution in [0.1, 0.15) is 32.4 Å². The molecule has 2 N–H and O–H groups in total. The van der Waals surface area contributed by atoms with E-state index in [-0.39, 0.29) is 6.04 Å². The smallest absolute Gasteiger partial charge is 0.242 e. The summed E-state index contributed by atoms with van der Waals surface area (Å²) in [6, 6.07) is 1.58. The van der Waals surface area contributed by atoms with Crippen molar-refractivity contribution in [2.75, 3.05) is 20.8 Å². The molecule has 0 amide bonds. The summed E-state index contributed by atoms with van der Waals surface area (Å²) < 4.78 is 34.4. The summed E-state index contributed by atoms with van der Waals surface area (Å²) in [7, 11) is -0.0254. The van der Waals surface area contributed by atoms with E-state index in [1.807, 2.05) is 18.5 Å². The van der Waals surface area contributed by atoms with E-state index in [2.05, 4.69) is 17.0 Å². The number of sulfonamides is 1. The zero-order chi connectivity index (χ0) is 15.9. The molecule has 1 unspecified atom stereocenters. The molecule has 122 valence electrons. The Morgan fingerprint density at radius 3 is 2.71 bits per heavy atom. The molecule has 0 saturated carbocycles. The number of hydrogen-bond donors (Lipinski definition) is 2. The lowest BCUT2D eigenvalue weighted by Crippen LogP contribution is -2.33. The van der Waals surface area contributed by atoms with Gasteiger partial charge in [0.05, 0.1) is 4.90 Å². The molecule has 1 rings (SSSR count). The third-order valence-corrected chi connectivity index (χ3v) is 4.76. The summed E-state index contributed by atoms with van der Waals surface area (Å²) in [6.45, 7) is 5.91. The van der Waals surface area contributed by atoms with Gasteiger partial charge in [-0.2, -0.15) is 0 Å². The van der Waals surface area contributed by atoms with Crippen LogP contribution < -0.4 is 10.0 Å². The highest BCUT2D eigenvalue weighted by Gasteiger charge is 2.20.